The van der Waals surface area contributed by atoms with Crippen molar-refractivity contribution in [2.75, 3.05) is 5.32 Å². The van der Waals surface area contributed by atoms with E-state index in [4.69, 9.17) is 0 Å². The van der Waals surface area contributed by atoms with E-state index >= 15 is 0 Å². The summed E-state index contributed by atoms with van der Waals surface area (Å²) in [6.07, 6.45) is 0. The van der Waals surface area contributed by atoms with E-state index in [1.54, 1.807) is 19.1 Å². The van der Waals surface area contributed by atoms with Crippen molar-refractivity contribution >= 4 is 44.9 Å². The molecule has 3 aromatic rings. The minimum atomic E-state index is -0.393. The Balaban J connectivity index is 1.70. The number of nitrogens with zero attached hydrogens (tertiary/aromatic N) is 1. The average molecular weight is 446 g/mol. The van der Waals surface area contributed by atoms with Crippen molar-refractivity contribution in [2.24, 2.45) is 0 Å². The summed E-state index contributed by atoms with van der Waals surface area (Å²) in [7, 11) is 0. The highest BCUT2D eigenvalue weighted by atomic mass is 32.2. The third-order valence-corrected chi connectivity index (χ3v) is 7.30. The van der Waals surface area contributed by atoms with Crippen LogP contribution in [0.3, 0.4) is 0 Å². The zero-order valence-electron chi connectivity index (χ0n) is 18.0. The number of aromatic nitrogens is 2. The predicted molar refractivity (Wildman–Crippen MR) is 126 cm³/mol. The van der Waals surface area contributed by atoms with Crippen LogP contribution in [0.1, 0.15) is 49.5 Å². The molecule has 0 fully saturated rings. The molecule has 0 aliphatic heterocycles. The summed E-state index contributed by atoms with van der Waals surface area (Å²) in [5.41, 5.74) is 2.15. The number of fused-ring (bicyclic) bond motifs is 1. The number of hydrogen-bond acceptors (Lipinski definition) is 6. The zero-order chi connectivity index (χ0) is 22.2. The molecule has 0 aliphatic rings. The maximum atomic E-state index is 12.6. The van der Waals surface area contributed by atoms with Gasteiger partial charge in [0, 0.05) is 4.88 Å². The van der Waals surface area contributed by atoms with Crippen molar-refractivity contribution < 1.29 is 9.90 Å². The van der Waals surface area contributed by atoms with E-state index in [0.29, 0.717) is 22.7 Å². The summed E-state index contributed by atoms with van der Waals surface area (Å²) in [4.78, 5) is 34.2. The number of benzene rings is 1. The van der Waals surface area contributed by atoms with E-state index in [2.05, 4.69) is 36.1 Å². The summed E-state index contributed by atoms with van der Waals surface area (Å²) in [6.45, 7) is 11.9. The van der Waals surface area contributed by atoms with E-state index in [0.717, 1.165) is 20.8 Å². The van der Waals surface area contributed by atoms with Crippen LogP contribution in [0.4, 0.5) is 5.69 Å². The summed E-state index contributed by atoms with van der Waals surface area (Å²) in [5, 5.41) is 13.2. The van der Waals surface area contributed by atoms with Gasteiger partial charge in [0.05, 0.1) is 22.1 Å². The summed E-state index contributed by atoms with van der Waals surface area (Å²) in [6, 6.07) is 5.26. The molecule has 1 atom stereocenters. The van der Waals surface area contributed by atoms with Gasteiger partial charge in [0.1, 0.15) is 16.4 Å². The first kappa shape index (κ1) is 22.4. The Morgan fingerprint density at radius 3 is 2.70 bits per heavy atom. The molecular weight excluding hydrogens is 418 g/mol. The van der Waals surface area contributed by atoms with Crippen LogP contribution < -0.4 is 10.9 Å². The Morgan fingerprint density at radius 2 is 2.03 bits per heavy atom. The first-order valence-corrected chi connectivity index (χ1v) is 11.6. The smallest absolute Gasteiger partial charge is 0.259 e. The quantitative estimate of drug-likeness (QED) is 0.487. The van der Waals surface area contributed by atoms with Crippen LogP contribution in [0.5, 0.6) is 5.75 Å². The molecule has 0 bridgehead atoms. The highest BCUT2D eigenvalue weighted by Gasteiger charge is 2.20. The number of hydrogen-bond donors (Lipinski definition) is 3. The number of anilines is 1. The van der Waals surface area contributed by atoms with Gasteiger partial charge in [-0.05, 0) is 49.4 Å². The van der Waals surface area contributed by atoms with Crippen molar-refractivity contribution in [1.29, 1.82) is 0 Å². The van der Waals surface area contributed by atoms with Crippen LogP contribution in [0.2, 0.25) is 0 Å². The summed E-state index contributed by atoms with van der Waals surface area (Å²) < 4.78 is 0. The molecule has 0 radical (unpaired) electrons. The number of carbonyl (C=O) groups excluding carboxylic acids is 1. The van der Waals surface area contributed by atoms with E-state index in [1.165, 1.54) is 23.1 Å². The fraction of sp³-hybridized carbons (Fsp3) is 0.409. The molecule has 2 aromatic heterocycles. The molecule has 1 aromatic carbocycles. The average Bonchev–Trinajstić information content (AvgIpc) is 2.94. The molecule has 6 nitrogen and oxygen atoms in total. The Bertz CT molecular complexity index is 1160. The minimum Gasteiger partial charge on any atom is -0.506 e. The lowest BCUT2D eigenvalue weighted by Crippen LogP contribution is -2.23. The number of H-pyrrole nitrogens is 1. The van der Waals surface area contributed by atoms with Gasteiger partial charge in [-0.2, -0.15) is 0 Å². The summed E-state index contributed by atoms with van der Waals surface area (Å²) >= 11 is 2.89. The molecule has 1 amide bonds. The number of nitrogens with one attached hydrogen (secondary N) is 2. The van der Waals surface area contributed by atoms with Gasteiger partial charge >= 0.3 is 0 Å². The van der Waals surface area contributed by atoms with Crippen molar-refractivity contribution in [3.8, 4) is 5.75 Å². The van der Waals surface area contributed by atoms with Crippen LogP contribution in [-0.4, -0.2) is 26.2 Å². The molecular formula is C22H27N3O3S2. The lowest BCUT2D eigenvalue weighted by atomic mass is 9.87. The van der Waals surface area contributed by atoms with Crippen LogP contribution in [0.15, 0.2) is 23.0 Å². The van der Waals surface area contributed by atoms with Gasteiger partial charge in [0.2, 0.25) is 5.91 Å². The third kappa shape index (κ3) is 4.70. The highest BCUT2D eigenvalue weighted by molar-refractivity contribution is 7.99. The summed E-state index contributed by atoms with van der Waals surface area (Å²) in [5.74, 6) is 0.779. The lowest BCUT2D eigenvalue weighted by molar-refractivity contribution is -0.115. The van der Waals surface area contributed by atoms with Crippen molar-refractivity contribution in [1.82, 2.24) is 9.97 Å². The molecule has 160 valence electrons. The first-order valence-electron chi connectivity index (χ1n) is 9.72. The monoisotopic (exact) mass is 445 g/mol. The maximum Gasteiger partial charge on any atom is 0.259 e. The number of thioether (sulfide) groups is 1. The minimum absolute atomic E-state index is 0.0356. The standard InChI is InChI=1S/C22H27N3O3S2/c1-11-12(2)30-21-18(11)20(28)24-17(25-21)10-29-13(3)19(27)23-15-9-14(22(4,5)6)7-8-16(15)26/h7-9,13,26H,10H2,1-6H3,(H,23,27)(H,24,25,28). The number of amides is 1. The van der Waals surface area contributed by atoms with Gasteiger partial charge in [-0.3, -0.25) is 9.59 Å². The van der Waals surface area contributed by atoms with Crippen LogP contribution in [0, 0.1) is 13.8 Å². The van der Waals surface area contributed by atoms with Crippen LogP contribution in [0.25, 0.3) is 10.2 Å². The molecule has 3 N–H and O–H groups in total. The molecule has 30 heavy (non-hydrogen) atoms. The molecule has 0 spiro atoms. The number of phenols is 1. The van der Waals surface area contributed by atoms with Gasteiger partial charge in [0.25, 0.3) is 5.56 Å². The third-order valence-electron chi connectivity index (χ3n) is 5.05. The SMILES string of the molecule is Cc1sc2nc(CSC(C)C(=O)Nc3cc(C(C)(C)C)ccc3O)[nH]c(=O)c2c1C. The van der Waals surface area contributed by atoms with Gasteiger partial charge in [-0.1, -0.05) is 26.8 Å². The van der Waals surface area contributed by atoms with E-state index in [1.807, 2.05) is 19.9 Å². The zero-order valence-corrected chi connectivity index (χ0v) is 19.7. The number of thiophene rings is 1. The molecule has 8 heteroatoms. The van der Waals surface area contributed by atoms with Gasteiger partial charge in [-0.15, -0.1) is 23.1 Å². The van der Waals surface area contributed by atoms with Gasteiger partial charge in [0.15, 0.2) is 0 Å². The number of aromatic hydroxyl groups is 1. The predicted octanol–water partition coefficient (Wildman–Crippen LogP) is 4.86. The molecule has 0 saturated heterocycles. The number of rotatable bonds is 5. The fourth-order valence-electron chi connectivity index (χ4n) is 2.98. The molecule has 0 saturated carbocycles. The molecule has 0 aliphatic carbocycles. The first-order chi connectivity index (χ1) is 14.0. The lowest BCUT2D eigenvalue weighted by Gasteiger charge is -2.21. The largest absolute Gasteiger partial charge is 0.506 e. The van der Waals surface area contributed by atoms with E-state index < -0.39 is 5.25 Å². The fourth-order valence-corrected chi connectivity index (χ4v) is 4.79. The highest BCUT2D eigenvalue weighted by Crippen LogP contribution is 2.31. The van der Waals surface area contributed by atoms with E-state index in [9.17, 15) is 14.7 Å². The van der Waals surface area contributed by atoms with Gasteiger partial charge in [-0.25, -0.2) is 4.98 Å². The Hall–Kier alpha value is -2.32. The second-order valence-electron chi connectivity index (χ2n) is 8.40. The molecule has 1 unspecified atom stereocenters. The normalized spacial score (nSPS) is 12.9. The molecule has 3 rings (SSSR count). The Kier molecular flexibility index (Phi) is 6.29. The van der Waals surface area contributed by atoms with E-state index in [-0.39, 0.29) is 22.6 Å². The van der Waals surface area contributed by atoms with Crippen molar-refractivity contribution in [3.63, 3.8) is 0 Å². The number of phenolic OH excluding ortho intramolecular Hbond substituents is 1. The second-order valence-corrected chi connectivity index (χ2v) is 10.9. The second kappa shape index (κ2) is 8.43. The maximum absolute atomic E-state index is 12.6. The Morgan fingerprint density at radius 1 is 1.33 bits per heavy atom. The molecule has 2 heterocycles. The van der Waals surface area contributed by atoms with Gasteiger partial charge < -0.3 is 15.4 Å². The number of aryl methyl sites for hydroxylation is 2. The van der Waals surface area contributed by atoms with Crippen LogP contribution in [-0.2, 0) is 16.0 Å². The van der Waals surface area contributed by atoms with Crippen molar-refractivity contribution in [3.05, 3.63) is 50.4 Å². The Labute approximate surface area is 184 Å². The number of aromatic amines is 1. The topological polar surface area (TPSA) is 95.1 Å². The van der Waals surface area contributed by atoms with Crippen LogP contribution >= 0.6 is 23.1 Å². The number of carbonyl (C=O) groups is 1. The van der Waals surface area contributed by atoms with Crippen molar-refractivity contribution in [2.45, 2.75) is 58.0 Å².